The topological polar surface area (TPSA) is 96.4 Å². The van der Waals surface area contributed by atoms with Crippen molar-refractivity contribution in [3.63, 3.8) is 0 Å². The van der Waals surface area contributed by atoms with E-state index in [0.717, 1.165) is 40.2 Å². The van der Waals surface area contributed by atoms with Crippen molar-refractivity contribution in [3.05, 3.63) is 48.0 Å². The number of nitrogens with one attached hydrogen (secondary N) is 1. The Hall–Kier alpha value is -3.04. The summed E-state index contributed by atoms with van der Waals surface area (Å²) in [7, 11) is 0. The Morgan fingerprint density at radius 2 is 1.74 bits per heavy atom. The van der Waals surface area contributed by atoms with Crippen molar-refractivity contribution in [3.8, 4) is 0 Å². The Morgan fingerprint density at radius 1 is 1.06 bits per heavy atom. The molecule has 0 bridgehead atoms. The molecular weight excluding hydrogens is 470 g/mol. The largest absolute Gasteiger partial charge is 0.325 e. The van der Waals surface area contributed by atoms with E-state index in [0.29, 0.717) is 16.9 Å². The number of Topliss-reactive ketones (excluding diaryl/α,β-unsaturated/α-hetero) is 1. The summed E-state index contributed by atoms with van der Waals surface area (Å²) in [5.74, 6) is -0.528. The van der Waals surface area contributed by atoms with Crippen molar-refractivity contribution in [1.82, 2.24) is 4.98 Å². The number of aromatic nitrogens is 1. The number of ketones is 1. The minimum Gasteiger partial charge on any atom is -0.325 e. The van der Waals surface area contributed by atoms with E-state index in [4.69, 9.17) is 0 Å². The molecule has 0 radical (unpaired) electrons. The average molecular weight is 494 g/mol. The third kappa shape index (κ3) is 4.37. The monoisotopic (exact) mass is 493 g/mol. The summed E-state index contributed by atoms with van der Waals surface area (Å²) in [6.45, 7) is 1.50. The van der Waals surface area contributed by atoms with Crippen LogP contribution in [0.15, 0.2) is 46.8 Å². The predicted octanol–water partition coefficient (Wildman–Crippen LogP) is 4.91. The summed E-state index contributed by atoms with van der Waals surface area (Å²) in [6, 6.07) is 12.2. The highest BCUT2D eigenvalue weighted by Gasteiger charge is 2.48. The summed E-state index contributed by atoms with van der Waals surface area (Å²) >= 11 is 2.77. The Kier molecular flexibility index (Phi) is 6.22. The molecule has 1 aromatic heterocycles. The number of amides is 3. The summed E-state index contributed by atoms with van der Waals surface area (Å²) in [5.41, 5.74) is 2.60. The molecular formula is C25H23N3O4S2. The molecule has 9 heteroatoms. The number of hydrogen-bond acceptors (Lipinski definition) is 7. The van der Waals surface area contributed by atoms with Gasteiger partial charge in [0.2, 0.25) is 17.7 Å². The number of nitrogens with zero attached hydrogens (tertiary/aromatic N) is 2. The van der Waals surface area contributed by atoms with E-state index in [-0.39, 0.29) is 41.1 Å². The molecule has 5 rings (SSSR count). The number of thiazole rings is 1. The van der Waals surface area contributed by atoms with Crippen molar-refractivity contribution in [1.29, 1.82) is 0 Å². The zero-order valence-corrected chi connectivity index (χ0v) is 20.2. The van der Waals surface area contributed by atoms with Gasteiger partial charge in [0.15, 0.2) is 10.1 Å². The number of hydrogen-bond donors (Lipinski definition) is 1. The van der Waals surface area contributed by atoms with Crippen LogP contribution in [0, 0.1) is 11.8 Å². The molecule has 2 fully saturated rings. The van der Waals surface area contributed by atoms with Crippen LogP contribution in [0.1, 0.15) is 43.0 Å². The van der Waals surface area contributed by atoms with Gasteiger partial charge in [0.25, 0.3) is 0 Å². The number of fused-ring (bicyclic) bond motifs is 2. The summed E-state index contributed by atoms with van der Waals surface area (Å²) in [5, 5.41) is 2.82. The minimum absolute atomic E-state index is 0.0238. The molecule has 174 valence electrons. The number of carbonyl (C=O) groups excluding carboxylic acids is 4. The van der Waals surface area contributed by atoms with Crippen LogP contribution in [-0.4, -0.2) is 34.2 Å². The number of anilines is 2. The van der Waals surface area contributed by atoms with E-state index in [1.54, 1.807) is 30.3 Å². The van der Waals surface area contributed by atoms with Crippen LogP contribution in [0.25, 0.3) is 10.2 Å². The highest BCUT2D eigenvalue weighted by molar-refractivity contribution is 8.01. The lowest BCUT2D eigenvalue weighted by molar-refractivity contribution is -0.122. The average Bonchev–Trinajstić information content (AvgIpc) is 3.36. The maximum Gasteiger partial charge on any atom is 0.237 e. The van der Waals surface area contributed by atoms with Crippen molar-refractivity contribution >= 4 is 68.2 Å². The fourth-order valence-electron chi connectivity index (χ4n) is 4.62. The SMILES string of the molecule is CC(=O)c1ccc(NC(=O)CSc2nc3ccc(N4C(=O)[C@H]5CCCC[C@H]5C4=O)cc3s2)cc1. The lowest BCUT2D eigenvalue weighted by Gasteiger charge is -2.19. The quantitative estimate of drug-likeness (QED) is 0.298. The maximum absolute atomic E-state index is 12.9. The lowest BCUT2D eigenvalue weighted by Crippen LogP contribution is -2.30. The molecule has 34 heavy (non-hydrogen) atoms. The molecule has 0 spiro atoms. The van der Waals surface area contributed by atoms with Crippen molar-refractivity contribution in [2.75, 3.05) is 16.0 Å². The minimum atomic E-state index is -0.179. The highest BCUT2D eigenvalue weighted by Crippen LogP contribution is 2.41. The lowest BCUT2D eigenvalue weighted by atomic mass is 9.81. The Labute approximate surface area is 204 Å². The van der Waals surface area contributed by atoms with Gasteiger partial charge in [0.05, 0.1) is 33.5 Å². The zero-order chi connectivity index (χ0) is 23.8. The van der Waals surface area contributed by atoms with Gasteiger partial charge in [-0.3, -0.25) is 24.1 Å². The van der Waals surface area contributed by atoms with Gasteiger partial charge in [-0.1, -0.05) is 24.6 Å². The molecule has 2 atom stereocenters. The maximum atomic E-state index is 12.9. The third-order valence-corrected chi connectivity index (χ3v) is 8.51. The molecule has 1 aliphatic carbocycles. The third-order valence-electron chi connectivity index (χ3n) is 6.35. The normalized spacial score (nSPS) is 20.0. The molecule has 3 aromatic rings. The van der Waals surface area contributed by atoms with Gasteiger partial charge < -0.3 is 5.32 Å². The predicted molar refractivity (Wildman–Crippen MR) is 133 cm³/mol. The van der Waals surface area contributed by atoms with Crippen LogP contribution in [0.4, 0.5) is 11.4 Å². The van der Waals surface area contributed by atoms with E-state index in [9.17, 15) is 19.2 Å². The van der Waals surface area contributed by atoms with Gasteiger partial charge in [-0.15, -0.1) is 11.3 Å². The number of rotatable bonds is 6. The van der Waals surface area contributed by atoms with Gasteiger partial charge >= 0.3 is 0 Å². The molecule has 1 saturated carbocycles. The number of imide groups is 1. The van der Waals surface area contributed by atoms with Gasteiger partial charge in [-0.2, -0.15) is 0 Å². The van der Waals surface area contributed by atoms with Gasteiger partial charge in [-0.25, -0.2) is 4.98 Å². The number of carbonyl (C=O) groups is 4. The molecule has 1 N–H and O–H groups in total. The van der Waals surface area contributed by atoms with E-state index < -0.39 is 0 Å². The van der Waals surface area contributed by atoms with Crippen LogP contribution >= 0.6 is 23.1 Å². The van der Waals surface area contributed by atoms with E-state index in [1.165, 1.54) is 34.9 Å². The standard InChI is InChI=1S/C25H23N3O4S2/c1-14(29)15-6-8-16(9-7-15)26-22(30)13-33-25-27-20-11-10-17(12-21(20)34-25)28-23(31)18-4-2-3-5-19(18)24(28)32/h6-12,18-19H,2-5,13H2,1H3,(H,26,30)/t18-,19+. The first kappa shape index (κ1) is 22.7. The second-order valence-electron chi connectivity index (χ2n) is 8.61. The van der Waals surface area contributed by atoms with Crippen LogP contribution in [-0.2, 0) is 14.4 Å². The second-order valence-corrected chi connectivity index (χ2v) is 10.9. The van der Waals surface area contributed by atoms with Crippen LogP contribution in [0.2, 0.25) is 0 Å². The van der Waals surface area contributed by atoms with Crippen LogP contribution < -0.4 is 10.2 Å². The van der Waals surface area contributed by atoms with E-state index in [1.807, 2.05) is 12.1 Å². The number of benzene rings is 2. The van der Waals surface area contributed by atoms with Gasteiger partial charge in [0, 0.05) is 11.3 Å². The van der Waals surface area contributed by atoms with Crippen molar-refractivity contribution in [2.24, 2.45) is 11.8 Å². The van der Waals surface area contributed by atoms with E-state index in [2.05, 4.69) is 10.3 Å². The molecule has 0 unspecified atom stereocenters. The second kappa shape index (κ2) is 9.31. The Bertz CT molecular complexity index is 1280. The van der Waals surface area contributed by atoms with Crippen LogP contribution in [0.3, 0.4) is 0 Å². The molecule has 7 nitrogen and oxygen atoms in total. The molecule has 2 aromatic carbocycles. The van der Waals surface area contributed by atoms with E-state index >= 15 is 0 Å². The fourth-order valence-corrected chi connectivity index (χ4v) is 6.52. The molecule has 3 amide bonds. The first-order chi connectivity index (χ1) is 16.4. The molecule has 1 saturated heterocycles. The highest BCUT2D eigenvalue weighted by atomic mass is 32.2. The summed E-state index contributed by atoms with van der Waals surface area (Å²) in [6.07, 6.45) is 3.58. The first-order valence-electron chi connectivity index (χ1n) is 11.2. The molecule has 2 aliphatic rings. The Balaban J connectivity index is 1.25. The first-order valence-corrected chi connectivity index (χ1v) is 13.0. The van der Waals surface area contributed by atoms with Crippen molar-refractivity contribution in [2.45, 2.75) is 36.9 Å². The number of thioether (sulfide) groups is 1. The Morgan fingerprint density at radius 3 is 2.38 bits per heavy atom. The van der Waals surface area contributed by atoms with Gasteiger partial charge in [0.1, 0.15) is 0 Å². The molecule has 1 aliphatic heterocycles. The molecule has 2 heterocycles. The smallest absolute Gasteiger partial charge is 0.237 e. The fraction of sp³-hybridized carbons (Fsp3) is 0.320. The van der Waals surface area contributed by atoms with Gasteiger partial charge in [-0.05, 0) is 62.2 Å². The zero-order valence-electron chi connectivity index (χ0n) is 18.6. The van der Waals surface area contributed by atoms with Crippen LogP contribution in [0.5, 0.6) is 0 Å². The van der Waals surface area contributed by atoms with Crippen molar-refractivity contribution < 1.29 is 19.2 Å². The summed E-state index contributed by atoms with van der Waals surface area (Å²) < 4.78 is 1.61. The summed E-state index contributed by atoms with van der Waals surface area (Å²) in [4.78, 5) is 55.4.